The second-order valence-electron chi connectivity index (χ2n) is 8.45. The lowest BCUT2D eigenvalue weighted by molar-refractivity contribution is -0.0693. The fraction of sp³-hybridized carbons (Fsp3) is 0.333. The predicted molar refractivity (Wildman–Crippen MR) is 118 cm³/mol. The molecule has 1 aliphatic carbocycles. The molecule has 3 aromatic carbocycles. The summed E-state index contributed by atoms with van der Waals surface area (Å²) in [5.41, 5.74) is 9.38. The molecule has 0 spiro atoms. The topological polar surface area (TPSA) is 18.5 Å². The molecule has 0 radical (unpaired) electrons. The Kier molecular flexibility index (Phi) is 4.89. The lowest BCUT2D eigenvalue weighted by atomic mass is 9.89. The van der Waals surface area contributed by atoms with Gasteiger partial charge < -0.3 is 9.47 Å². The molecule has 0 amide bonds. The molecule has 1 fully saturated rings. The summed E-state index contributed by atoms with van der Waals surface area (Å²) in [6.45, 7) is 6.96. The summed E-state index contributed by atoms with van der Waals surface area (Å²) in [5, 5.41) is 0. The van der Waals surface area contributed by atoms with Crippen LogP contribution in [0.2, 0.25) is 0 Å². The summed E-state index contributed by atoms with van der Waals surface area (Å²) >= 11 is 0. The van der Waals surface area contributed by atoms with Gasteiger partial charge in [0.1, 0.15) is 5.75 Å². The average molecular weight is 385 g/mol. The number of rotatable bonds is 6. The lowest BCUT2D eigenvalue weighted by Crippen LogP contribution is -2.36. The molecule has 1 unspecified atom stereocenters. The Hall–Kier alpha value is -2.58. The lowest BCUT2D eigenvalue weighted by Gasteiger charge is -2.33. The maximum Gasteiger partial charge on any atom is 0.127 e. The van der Waals surface area contributed by atoms with Crippen LogP contribution in [-0.4, -0.2) is 19.8 Å². The number of ether oxygens (including phenoxy) is 2. The van der Waals surface area contributed by atoms with Gasteiger partial charge in [-0.2, -0.15) is 0 Å². The van der Waals surface area contributed by atoms with Gasteiger partial charge in [-0.3, -0.25) is 0 Å². The Balaban J connectivity index is 1.53. The Morgan fingerprint density at radius 3 is 2.45 bits per heavy atom. The monoisotopic (exact) mass is 384 g/mol. The average Bonchev–Trinajstić information content (AvgIpc) is 3.07. The molecule has 0 saturated carbocycles. The van der Waals surface area contributed by atoms with Crippen LogP contribution in [0.1, 0.15) is 30.0 Å². The van der Waals surface area contributed by atoms with Crippen LogP contribution in [0.25, 0.3) is 22.3 Å². The summed E-state index contributed by atoms with van der Waals surface area (Å²) in [6.07, 6.45) is 2.15. The van der Waals surface area contributed by atoms with Crippen LogP contribution in [0.4, 0.5) is 0 Å². The molecule has 1 heterocycles. The van der Waals surface area contributed by atoms with E-state index in [0.717, 1.165) is 38.4 Å². The smallest absolute Gasteiger partial charge is 0.127 e. The van der Waals surface area contributed by atoms with Gasteiger partial charge in [-0.05, 0) is 59.6 Å². The quantitative estimate of drug-likeness (QED) is 0.389. The normalized spacial score (nSPS) is 16.1. The van der Waals surface area contributed by atoms with Crippen LogP contribution < -0.4 is 4.74 Å². The van der Waals surface area contributed by atoms with Crippen molar-refractivity contribution in [1.82, 2.24) is 0 Å². The molecule has 1 atom stereocenters. The van der Waals surface area contributed by atoms with E-state index in [2.05, 4.69) is 74.5 Å². The van der Waals surface area contributed by atoms with E-state index in [1.807, 2.05) is 0 Å². The zero-order valence-corrected chi connectivity index (χ0v) is 17.3. The van der Waals surface area contributed by atoms with E-state index in [0.29, 0.717) is 11.8 Å². The molecule has 1 aliphatic heterocycles. The van der Waals surface area contributed by atoms with Crippen LogP contribution in [0.5, 0.6) is 5.75 Å². The van der Waals surface area contributed by atoms with Crippen molar-refractivity contribution < 1.29 is 9.47 Å². The molecule has 2 nitrogen and oxygen atoms in total. The molecule has 5 rings (SSSR count). The van der Waals surface area contributed by atoms with E-state index in [4.69, 9.17) is 9.47 Å². The maximum atomic E-state index is 6.43. The Morgan fingerprint density at radius 2 is 1.69 bits per heavy atom. The standard InChI is InChI=1S/C27H28O2/c1-3-19(22-15-28-16-22)17-29-26-11-7-6-10-24(26)25-13-18(2)12-21-14-20-8-4-5-9-23(20)27(21)25/h4-13,19,22H,3,14-17H2,1-2H3. The number of fused-ring (bicyclic) bond motifs is 3. The zero-order valence-electron chi connectivity index (χ0n) is 17.3. The van der Waals surface area contributed by atoms with Crippen molar-refractivity contribution in [2.45, 2.75) is 26.7 Å². The fourth-order valence-corrected chi connectivity index (χ4v) is 4.78. The van der Waals surface area contributed by atoms with Crippen LogP contribution >= 0.6 is 0 Å². The van der Waals surface area contributed by atoms with Crippen molar-refractivity contribution >= 4 is 0 Å². The second-order valence-corrected chi connectivity index (χ2v) is 8.45. The first-order valence-electron chi connectivity index (χ1n) is 10.8. The molecule has 0 aromatic heterocycles. The number of hydrogen-bond acceptors (Lipinski definition) is 2. The third-order valence-corrected chi connectivity index (χ3v) is 6.52. The Morgan fingerprint density at radius 1 is 0.931 bits per heavy atom. The van der Waals surface area contributed by atoms with Crippen molar-refractivity contribution in [2.75, 3.05) is 19.8 Å². The molecular weight excluding hydrogens is 356 g/mol. The van der Waals surface area contributed by atoms with Crippen LogP contribution in [-0.2, 0) is 11.2 Å². The highest BCUT2D eigenvalue weighted by Crippen LogP contribution is 2.45. The van der Waals surface area contributed by atoms with Gasteiger partial charge in [-0.25, -0.2) is 0 Å². The molecule has 2 heteroatoms. The van der Waals surface area contributed by atoms with Gasteiger partial charge in [0, 0.05) is 11.5 Å². The predicted octanol–water partition coefficient (Wildman–Crippen LogP) is 6.28. The van der Waals surface area contributed by atoms with Gasteiger partial charge in [0.05, 0.1) is 19.8 Å². The van der Waals surface area contributed by atoms with Gasteiger partial charge in [0.15, 0.2) is 0 Å². The van der Waals surface area contributed by atoms with Gasteiger partial charge in [0.25, 0.3) is 0 Å². The minimum atomic E-state index is 0.556. The molecule has 0 N–H and O–H groups in total. The van der Waals surface area contributed by atoms with Crippen molar-refractivity contribution in [1.29, 1.82) is 0 Å². The second kappa shape index (κ2) is 7.68. The van der Waals surface area contributed by atoms with E-state index in [-0.39, 0.29) is 0 Å². The summed E-state index contributed by atoms with van der Waals surface area (Å²) in [6, 6.07) is 22.0. The first-order valence-corrected chi connectivity index (χ1v) is 10.8. The van der Waals surface area contributed by atoms with Gasteiger partial charge in [-0.1, -0.05) is 67.1 Å². The van der Waals surface area contributed by atoms with E-state index < -0.39 is 0 Å². The molecule has 29 heavy (non-hydrogen) atoms. The van der Waals surface area contributed by atoms with Crippen LogP contribution in [0.3, 0.4) is 0 Å². The van der Waals surface area contributed by atoms with Crippen molar-refractivity contribution in [3.63, 3.8) is 0 Å². The van der Waals surface area contributed by atoms with Crippen LogP contribution in [0.15, 0.2) is 60.7 Å². The molecular formula is C27H28O2. The van der Waals surface area contributed by atoms with Gasteiger partial charge in [-0.15, -0.1) is 0 Å². The highest BCUT2D eigenvalue weighted by molar-refractivity contribution is 5.92. The van der Waals surface area contributed by atoms with Gasteiger partial charge >= 0.3 is 0 Å². The minimum absolute atomic E-state index is 0.556. The number of aryl methyl sites for hydroxylation is 1. The molecule has 148 valence electrons. The van der Waals surface area contributed by atoms with E-state index in [9.17, 15) is 0 Å². The SMILES string of the molecule is CCC(COc1ccccc1-c1cc(C)cc2c1-c1ccccc1C2)C1COC1. The molecule has 0 bridgehead atoms. The van der Waals surface area contributed by atoms with Crippen molar-refractivity contribution in [3.8, 4) is 28.0 Å². The van der Waals surface area contributed by atoms with E-state index >= 15 is 0 Å². The summed E-state index contributed by atoms with van der Waals surface area (Å²) < 4.78 is 11.8. The Labute approximate surface area is 173 Å². The number of benzene rings is 3. The Bertz CT molecular complexity index is 1030. The molecule has 2 aliphatic rings. The van der Waals surface area contributed by atoms with E-state index in [1.54, 1.807) is 0 Å². The van der Waals surface area contributed by atoms with Crippen LogP contribution in [0, 0.1) is 18.8 Å². The zero-order chi connectivity index (χ0) is 19.8. The van der Waals surface area contributed by atoms with E-state index in [1.165, 1.54) is 38.9 Å². The molecule has 3 aromatic rings. The van der Waals surface area contributed by atoms with Crippen molar-refractivity contribution in [2.24, 2.45) is 11.8 Å². The number of hydrogen-bond donors (Lipinski definition) is 0. The highest BCUT2D eigenvalue weighted by Gasteiger charge is 2.28. The minimum Gasteiger partial charge on any atom is -0.493 e. The molecule has 1 saturated heterocycles. The highest BCUT2D eigenvalue weighted by atomic mass is 16.5. The fourth-order valence-electron chi connectivity index (χ4n) is 4.78. The third-order valence-electron chi connectivity index (χ3n) is 6.52. The maximum absolute atomic E-state index is 6.43. The van der Waals surface area contributed by atoms with Gasteiger partial charge in [0.2, 0.25) is 0 Å². The first kappa shape index (κ1) is 18.4. The third kappa shape index (κ3) is 3.36. The summed E-state index contributed by atoms with van der Waals surface area (Å²) in [5.74, 6) is 2.19. The largest absolute Gasteiger partial charge is 0.493 e. The number of para-hydroxylation sites is 1. The van der Waals surface area contributed by atoms with Crippen molar-refractivity contribution in [3.05, 3.63) is 77.4 Å². The summed E-state index contributed by atoms with van der Waals surface area (Å²) in [4.78, 5) is 0. The summed E-state index contributed by atoms with van der Waals surface area (Å²) in [7, 11) is 0. The first-order chi connectivity index (χ1) is 14.2.